The molecule has 0 radical (unpaired) electrons. The minimum atomic E-state index is -0.733. The molecule has 0 N–H and O–H groups in total. The Balaban J connectivity index is 1.76. The van der Waals surface area contributed by atoms with Crippen molar-refractivity contribution >= 4 is 12.1 Å². The second kappa shape index (κ2) is 10.3. The predicted molar refractivity (Wildman–Crippen MR) is 126 cm³/mol. The number of carbonyl (C=O) groups is 2. The first-order valence-electron chi connectivity index (χ1n) is 11.4. The Morgan fingerprint density at radius 1 is 0.909 bits per heavy atom. The highest BCUT2D eigenvalue weighted by atomic mass is 16.6. The molecular formula is C28H29NO4. The standard InChI is InChI=1S/C28H29NO4/c1-3-20(2)24-27(30)33-26(23-17-11-6-12-18-23)25(22-15-9-5-10-16-22)29(24)28(31)32-19-21-13-7-4-8-14-21/h4-18,20,24-26H,3,19H2,1-2H3. The molecule has 3 aromatic carbocycles. The minimum absolute atomic E-state index is 0.0929. The Morgan fingerprint density at radius 3 is 2.03 bits per heavy atom. The maximum absolute atomic E-state index is 13.6. The molecule has 1 amide bonds. The molecule has 1 fully saturated rings. The van der Waals surface area contributed by atoms with E-state index in [9.17, 15) is 9.59 Å². The highest BCUT2D eigenvalue weighted by molar-refractivity contribution is 5.84. The summed E-state index contributed by atoms with van der Waals surface area (Å²) >= 11 is 0. The fourth-order valence-corrected chi connectivity index (χ4v) is 4.32. The third-order valence-electron chi connectivity index (χ3n) is 6.24. The zero-order valence-corrected chi connectivity index (χ0v) is 19.0. The molecule has 0 saturated carbocycles. The Kier molecular flexibility index (Phi) is 7.08. The van der Waals surface area contributed by atoms with Crippen LogP contribution in [0.2, 0.25) is 0 Å². The zero-order chi connectivity index (χ0) is 23.2. The Bertz CT molecular complexity index is 1060. The van der Waals surface area contributed by atoms with Gasteiger partial charge in [0.05, 0.1) is 0 Å². The fraction of sp³-hybridized carbons (Fsp3) is 0.286. The maximum Gasteiger partial charge on any atom is 0.411 e. The van der Waals surface area contributed by atoms with Gasteiger partial charge in [-0.3, -0.25) is 4.90 Å². The number of benzene rings is 3. The lowest BCUT2D eigenvalue weighted by molar-refractivity contribution is -0.176. The van der Waals surface area contributed by atoms with Crippen molar-refractivity contribution in [2.75, 3.05) is 0 Å². The molecule has 1 aliphatic rings. The van der Waals surface area contributed by atoms with Gasteiger partial charge >= 0.3 is 12.1 Å². The van der Waals surface area contributed by atoms with E-state index in [0.717, 1.165) is 23.1 Å². The highest BCUT2D eigenvalue weighted by Crippen LogP contribution is 2.44. The van der Waals surface area contributed by atoms with Gasteiger partial charge in [0.15, 0.2) is 6.10 Å². The molecule has 1 saturated heterocycles. The van der Waals surface area contributed by atoms with E-state index in [4.69, 9.17) is 9.47 Å². The molecular weight excluding hydrogens is 414 g/mol. The first kappa shape index (κ1) is 22.6. The minimum Gasteiger partial charge on any atom is -0.453 e. The van der Waals surface area contributed by atoms with Crippen molar-refractivity contribution < 1.29 is 19.1 Å². The van der Waals surface area contributed by atoms with Crippen LogP contribution in [0.15, 0.2) is 91.0 Å². The SMILES string of the molecule is CCC(C)C1C(=O)OC(c2ccccc2)C(c2ccccc2)N1C(=O)OCc1ccccc1. The molecule has 1 heterocycles. The van der Waals surface area contributed by atoms with E-state index >= 15 is 0 Å². The molecule has 3 aromatic rings. The number of esters is 1. The van der Waals surface area contributed by atoms with Gasteiger partial charge in [-0.1, -0.05) is 111 Å². The van der Waals surface area contributed by atoms with Crippen molar-refractivity contribution in [2.45, 2.75) is 45.1 Å². The number of cyclic esters (lactones) is 1. The van der Waals surface area contributed by atoms with Crippen LogP contribution in [-0.2, 0) is 20.9 Å². The summed E-state index contributed by atoms with van der Waals surface area (Å²) < 4.78 is 11.8. The summed E-state index contributed by atoms with van der Waals surface area (Å²) in [5.74, 6) is -0.494. The number of morpholine rings is 1. The monoisotopic (exact) mass is 443 g/mol. The van der Waals surface area contributed by atoms with Gasteiger partial charge in [-0.15, -0.1) is 0 Å². The summed E-state index contributed by atoms with van der Waals surface area (Å²) in [7, 11) is 0. The van der Waals surface area contributed by atoms with Crippen molar-refractivity contribution in [3.8, 4) is 0 Å². The van der Waals surface area contributed by atoms with E-state index in [1.807, 2.05) is 105 Å². The zero-order valence-electron chi connectivity index (χ0n) is 19.0. The van der Waals surface area contributed by atoms with E-state index in [0.29, 0.717) is 0 Å². The number of ether oxygens (including phenoxy) is 2. The number of nitrogens with zero attached hydrogens (tertiary/aromatic N) is 1. The molecule has 4 unspecified atom stereocenters. The average Bonchev–Trinajstić information content (AvgIpc) is 2.87. The van der Waals surface area contributed by atoms with Crippen LogP contribution in [0.5, 0.6) is 0 Å². The molecule has 170 valence electrons. The smallest absolute Gasteiger partial charge is 0.411 e. The van der Waals surface area contributed by atoms with Crippen molar-refractivity contribution in [2.24, 2.45) is 5.92 Å². The van der Waals surface area contributed by atoms with Gasteiger partial charge in [-0.2, -0.15) is 0 Å². The predicted octanol–water partition coefficient (Wildman–Crippen LogP) is 6.08. The fourth-order valence-electron chi connectivity index (χ4n) is 4.32. The molecule has 0 bridgehead atoms. The summed E-state index contributed by atoms with van der Waals surface area (Å²) in [5.41, 5.74) is 2.62. The molecule has 5 nitrogen and oxygen atoms in total. The quantitative estimate of drug-likeness (QED) is 0.433. The van der Waals surface area contributed by atoms with Crippen LogP contribution in [-0.4, -0.2) is 23.0 Å². The topological polar surface area (TPSA) is 55.8 Å². The lowest BCUT2D eigenvalue weighted by atomic mass is 9.87. The van der Waals surface area contributed by atoms with Crippen LogP contribution in [0.25, 0.3) is 0 Å². The summed E-state index contributed by atoms with van der Waals surface area (Å²) in [6.07, 6.45) is -0.430. The second-order valence-corrected chi connectivity index (χ2v) is 8.40. The highest BCUT2D eigenvalue weighted by Gasteiger charge is 2.50. The summed E-state index contributed by atoms with van der Waals surface area (Å²) in [5, 5.41) is 0. The van der Waals surface area contributed by atoms with Crippen LogP contribution in [0.1, 0.15) is 49.1 Å². The largest absolute Gasteiger partial charge is 0.453 e. The van der Waals surface area contributed by atoms with Gasteiger partial charge in [-0.05, 0) is 22.6 Å². The molecule has 4 atom stereocenters. The number of rotatable bonds is 6. The lowest BCUT2D eigenvalue weighted by Crippen LogP contribution is -2.56. The summed E-state index contributed by atoms with van der Waals surface area (Å²) in [6, 6.07) is 27.6. The van der Waals surface area contributed by atoms with Gasteiger partial charge in [0.1, 0.15) is 18.7 Å². The van der Waals surface area contributed by atoms with Crippen molar-refractivity contribution in [3.05, 3.63) is 108 Å². The molecule has 0 aromatic heterocycles. The Morgan fingerprint density at radius 2 is 1.45 bits per heavy atom. The van der Waals surface area contributed by atoms with E-state index in [1.54, 1.807) is 4.90 Å². The third-order valence-corrected chi connectivity index (χ3v) is 6.24. The van der Waals surface area contributed by atoms with Crippen molar-refractivity contribution in [1.82, 2.24) is 4.90 Å². The van der Waals surface area contributed by atoms with Gasteiger partial charge < -0.3 is 9.47 Å². The molecule has 5 heteroatoms. The molecule has 4 rings (SSSR count). The molecule has 33 heavy (non-hydrogen) atoms. The van der Waals surface area contributed by atoms with Gasteiger partial charge in [0, 0.05) is 0 Å². The second-order valence-electron chi connectivity index (χ2n) is 8.40. The molecule has 0 aliphatic carbocycles. The lowest BCUT2D eigenvalue weighted by Gasteiger charge is -2.46. The molecule has 0 spiro atoms. The van der Waals surface area contributed by atoms with Crippen LogP contribution >= 0.6 is 0 Å². The first-order chi connectivity index (χ1) is 16.1. The normalized spacial score (nSPS) is 21.2. The van der Waals surface area contributed by atoms with Crippen LogP contribution < -0.4 is 0 Å². The van der Waals surface area contributed by atoms with E-state index in [-0.39, 0.29) is 12.5 Å². The number of hydrogen-bond acceptors (Lipinski definition) is 4. The summed E-state index contributed by atoms with van der Waals surface area (Å²) in [6.45, 7) is 4.11. The number of carbonyl (C=O) groups excluding carboxylic acids is 2. The Hall–Kier alpha value is -3.60. The third kappa shape index (κ3) is 4.92. The first-order valence-corrected chi connectivity index (χ1v) is 11.4. The van der Waals surface area contributed by atoms with Gasteiger partial charge in [0.2, 0.25) is 0 Å². The number of amides is 1. The van der Waals surface area contributed by atoms with Crippen molar-refractivity contribution in [3.63, 3.8) is 0 Å². The average molecular weight is 444 g/mol. The van der Waals surface area contributed by atoms with E-state index < -0.39 is 30.3 Å². The van der Waals surface area contributed by atoms with E-state index in [1.165, 1.54) is 0 Å². The summed E-state index contributed by atoms with van der Waals surface area (Å²) in [4.78, 5) is 28.5. The van der Waals surface area contributed by atoms with Crippen LogP contribution in [0.3, 0.4) is 0 Å². The van der Waals surface area contributed by atoms with Gasteiger partial charge in [0.25, 0.3) is 0 Å². The Labute approximate surface area is 194 Å². The van der Waals surface area contributed by atoms with Crippen LogP contribution in [0, 0.1) is 5.92 Å². The van der Waals surface area contributed by atoms with E-state index in [2.05, 4.69) is 0 Å². The molecule has 1 aliphatic heterocycles. The van der Waals surface area contributed by atoms with Crippen LogP contribution in [0.4, 0.5) is 4.79 Å². The number of hydrogen-bond donors (Lipinski definition) is 0. The van der Waals surface area contributed by atoms with Crippen molar-refractivity contribution in [1.29, 1.82) is 0 Å². The van der Waals surface area contributed by atoms with Gasteiger partial charge in [-0.25, -0.2) is 9.59 Å². The maximum atomic E-state index is 13.6.